The number of rotatable bonds is 2. The van der Waals surface area contributed by atoms with E-state index in [1.807, 2.05) is 0 Å². The van der Waals surface area contributed by atoms with Crippen LogP contribution in [0, 0.1) is 0 Å². The first-order chi connectivity index (χ1) is 8.13. The van der Waals surface area contributed by atoms with Gasteiger partial charge in [-0.05, 0) is 24.3 Å². The van der Waals surface area contributed by atoms with Gasteiger partial charge in [0.1, 0.15) is 6.33 Å². The van der Waals surface area contributed by atoms with Crippen molar-refractivity contribution in [3.05, 3.63) is 30.6 Å². The van der Waals surface area contributed by atoms with Crippen LogP contribution in [0.15, 0.2) is 30.6 Å². The van der Waals surface area contributed by atoms with Crippen molar-refractivity contribution in [2.75, 3.05) is 11.1 Å². The van der Waals surface area contributed by atoms with Gasteiger partial charge >= 0.3 is 12.1 Å². The summed E-state index contributed by atoms with van der Waals surface area (Å²) in [5, 5.41) is 6.33. The third-order valence-corrected chi connectivity index (χ3v) is 1.92. The minimum atomic E-state index is -0.652. The number of aromatic nitrogens is 3. The summed E-state index contributed by atoms with van der Waals surface area (Å²) in [5.41, 5.74) is 6.72. The van der Waals surface area contributed by atoms with Crippen molar-refractivity contribution in [2.24, 2.45) is 7.05 Å². The van der Waals surface area contributed by atoms with Gasteiger partial charge in [0.05, 0.1) is 0 Å². The second-order valence-corrected chi connectivity index (χ2v) is 3.34. The summed E-state index contributed by atoms with van der Waals surface area (Å²) in [6, 6.07) is 6.69. The van der Waals surface area contributed by atoms with Crippen LogP contribution < -0.4 is 15.8 Å². The number of carbonyl (C=O) groups is 1. The van der Waals surface area contributed by atoms with Crippen molar-refractivity contribution in [2.45, 2.75) is 0 Å². The Kier molecular flexibility index (Phi) is 2.91. The van der Waals surface area contributed by atoms with Gasteiger partial charge < -0.3 is 10.5 Å². The minimum Gasteiger partial charge on any atom is -0.399 e. The molecule has 1 aromatic carbocycles. The second-order valence-electron chi connectivity index (χ2n) is 3.34. The van der Waals surface area contributed by atoms with E-state index in [4.69, 9.17) is 10.5 Å². The lowest BCUT2D eigenvalue weighted by Gasteiger charge is -2.03. The molecule has 0 bridgehead atoms. The van der Waals surface area contributed by atoms with Crippen LogP contribution in [0.25, 0.3) is 0 Å². The third kappa shape index (κ3) is 2.94. The molecule has 0 aliphatic heterocycles. The molecule has 0 aliphatic carbocycles. The largest absolute Gasteiger partial charge is 0.419 e. The second kappa shape index (κ2) is 4.52. The molecule has 7 nitrogen and oxygen atoms in total. The molecule has 1 aromatic heterocycles. The maximum Gasteiger partial charge on any atom is 0.419 e. The quantitative estimate of drug-likeness (QED) is 0.755. The zero-order valence-electron chi connectivity index (χ0n) is 9.12. The number of nitrogen functional groups attached to an aromatic ring is 1. The predicted octanol–water partition coefficient (Wildman–Crippen LogP) is 1.01. The molecular formula is C10H11N5O2. The number of ether oxygens (including phenoxy) is 1. The average molecular weight is 233 g/mol. The van der Waals surface area contributed by atoms with Crippen LogP contribution >= 0.6 is 0 Å². The Morgan fingerprint density at radius 2 is 2.12 bits per heavy atom. The molecule has 0 atom stereocenters. The Labute approximate surface area is 97.2 Å². The Hall–Kier alpha value is -2.57. The lowest BCUT2D eigenvalue weighted by Crippen LogP contribution is -2.17. The predicted molar refractivity (Wildman–Crippen MR) is 61.5 cm³/mol. The Balaban J connectivity index is 1.95. The number of nitrogens with zero attached hydrogens (tertiary/aromatic N) is 3. The van der Waals surface area contributed by atoms with Gasteiger partial charge in [-0.25, -0.2) is 4.79 Å². The van der Waals surface area contributed by atoms with Crippen LogP contribution in [0.2, 0.25) is 0 Å². The lowest BCUT2D eigenvalue weighted by atomic mass is 10.3. The van der Waals surface area contributed by atoms with Gasteiger partial charge in [-0.2, -0.15) is 4.98 Å². The van der Waals surface area contributed by atoms with E-state index in [1.165, 1.54) is 11.0 Å². The molecule has 2 rings (SSSR count). The molecule has 2 aromatic rings. The van der Waals surface area contributed by atoms with E-state index in [-0.39, 0.29) is 6.01 Å². The van der Waals surface area contributed by atoms with Crippen LogP contribution in [-0.2, 0) is 7.05 Å². The topological polar surface area (TPSA) is 95.1 Å². The summed E-state index contributed by atoms with van der Waals surface area (Å²) in [4.78, 5) is 15.2. The maximum absolute atomic E-state index is 11.4. The first kappa shape index (κ1) is 10.9. The van der Waals surface area contributed by atoms with Crippen LogP contribution in [0.5, 0.6) is 6.01 Å². The highest BCUT2D eigenvalue weighted by atomic mass is 16.6. The van der Waals surface area contributed by atoms with E-state index in [1.54, 1.807) is 31.3 Å². The average Bonchev–Trinajstić information content (AvgIpc) is 2.67. The number of nitrogens with two attached hydrogens (primary N) is 1. The molecule has 0 saturated carbocycles. The SMILES string of the molecule is Cn1cnc(OC(=O)Nc2ccc(N)cc2)n1. The number of anilines is 2. The van der Waals surface area contributed by atoms with Crippen molar-refractivity contribution < 1.29 is 9.53 Å². The first-order valence-electron chi connectivity index (χ1n) is 4.83. The molecule has 0 unspecified atom stereocenters. The molecule has 1 amide bonds. The van der Waals surface area contributed by atoms with Gasteiger partial charge in [-0.1, -0.05) is 0 Å². The zero-order valence-corrected chi connectivity index (χ0v) is 9.12. The Bertz CT molecular complexity index is 520. The molecule has 0 spiro atoms. The fourth-order valence-electron chi connectivity index (χ4n) is 1.16. The third-order valence-electron chi connectivity index (χ3n) is 1.92. The normalized spacial score (nSPS) is 9.94. The number of carbonyl (C=O) groups excluding carboxylic acids is 1. The number of hydrogen-bond acceptors (Lipinski definition) is 5. The van der Waals surface area contributed by atoms with Gasteiger partial charge in [0.2, 0.25) is 0 Å². The van der Waals surface area contributed by atoms with Crippen LogP contribution in [-0.4, -0.2) is 20.9 Å². The summed E-state index contributed by atoms with van der Waals surface area (Å²) in [6.45, 7) is 0. The molecule has 0 saturated heterocycles. The van der Waals surface area contributed by atoms with Crippen molar-refractivity contribution in [3.8, 4) is 6.01 Å². The van der Waals surface area contributed by atoms with E-state index in [9.17, 15) is 4.79 Å². The summed E-state index contributed by atoms with van der Waals surface area (Å²) < 4.78 is 6.28. The number of hydrogen-bond donors (Lipinski definition) is 2. The first-order valence-corrected chi connectivity index (χ1v) is 4.83. The highest BCUT2D eigenvalue weighted by molar-refractivity contribution is 5.86. The van der Waals surface area contributed by atoms with Crippen molar-refractivity contribution in [1.29, 1.82) is 0 Å². The minimum absolute atomic E-state index is 0.000412. The van der Waals surface area contributed by atoms with Gasteiger partial charge in [0.25, 0.3) is 0 Å². The fourth-order valence-corrected chi connectivity index (χ4v) is 1.16. The molecule has 7 heteroatoms. The fraction of sp³-hybridized carbons (Fsp3) is 0.100. The molecule has 88 valence electrons. The molecule has 1 heterocycles. The standard InChI is InChI=1S/C10H11N5O2/c1-15-6-12-9(14-15)17-10(16)13-8-4-2-7(11)3-5-8/h2-6H,11H2,1H3,(H,13,16). The molecule has 0 fully saturated rings. The van der Waals surface area contributed by atoms with Gasteiger partial charge in [0.15, 0.2) is 0 Å². The van der Waals surface area contributed by atoms with E-state index in [2.05, 4.69) is 15.4 Å². The van der Waals surface area contributed by atoms with Gasteiger partial charge in [-0.3, -0.25) is 10.00 Å². The van der Waals surface area contributed by atoms with Crippen molar-refractivity contribution >= 4 is 17.5 Å². The van der Waals surface area contributed by atoms with Crippen LogP contribution in [0.4, 0.5) is 16.2 Å². The van der Waals surface area contributed by atoms with Crippen molar-refractivity contribution in [3.63, 3.8) is 0 Å². The smallest absolute Gasteiger partial charge is 0.399 e. The van der Waals surface area contributed by atoms with E-state index in [0.717, 1.165) is 0 Å². The highest BCUT2D eigenvalue weighted by Crippen LogP contribution is 2.11. The molecule has 17 heavy (non-hydrogen) atoms. The van der Waals surface area contributed by atoms with E-state index in [0.29, 0.717) is 11.4 Å². The summed E-state index contributed by atoms with van der Waals surface area (Å²) in [6.07, 6.45) is 0.784. The Morgan fingerprint density at radius 1 is 1.41 bits per heavy atom. The molecule has 3 N–H and O–H groups in total. The van der Waals surface area contributed by atoms with Gasteiger partial charge in [0, 0.05) is 18.4 Å². The summed E-state index contributed by atoms with van der Waals surface area (Å²) in [5.74, 6) is 0. The Morgan fingerprint density at radius 3 is 2.71 bits per heavy atom. The monoisotopic (exact) mass is 233 g/mol. The highest BCUT2D eigenvalue weighted by Gasteiger charge is 2.08. The molecule has 0 aliphatic rings. The van der Waals surface area contributed by atoms with Crippen molar-refractivity contribution in [1.82, 2.24) is 14.8 Å². The number of aryl methyl sites for hydroxylation is 1. The number of amides is 1. The molecule has 0 radical (unpaired) electrons. The van der Waals surface area contributed by atoms with Gasteiger partial charge in [-0.15, -0.1) is 5.10 Å². The number of benzene rings is 1. The number of nitrogens with one attached hydrogen (secondary N) is 1. The van der Waals surface area contributed by atoms with E-state index < -0.39 is 6.09 Å². The summed E-state index contributed by atoms with van der Waals surface area (Å²) in [7, 11) is 1.68. The lowest BCUT2D eigenvalue weighted by molar-refractivity contribution is 0.211. The van der Waals surface area contributed by atoms with Crippen LogP contribution in [0.1, 0.15) is 0 Å². The van der Waals surface area contributed by atoms with E-state index >= 15 is 0 Å². The zero-order chi connectivity index (χ0) is 12.3. The maximum atomic E-state index is 11.4. The summed E-state index contributed by atoms with van der Waals surface area (Å²) >= 11 is 0. The van der Waals surface area contributed by atoms with Crippen LogP contribution in [0.3, 0.4) is 0 Å². The molecular weight excluding hydrogens is 222 g/mol.